The molecule has 0 aliphatic heterocycles. The van der Waals surface area contributed by atoms with Crippen LogP contribution in [0.25, 0.3) is 6.08 Å². The lowest BCUT2D eigenvalue weighted by Gasteiger charge is -2.29. The number of ketones is 1. The third-order valence-electron chi connectivity index (χ3n) is 6.31. The Morgan fingerprint density at radius 1 is 0.694 bits per heavy atom. The van der Waals surface area contributed by atoms with Crippen LogP contribution >= 0.6 is 6.89 Å². The van der Waals surface area contributed by atoms with Crippen molar-refractivity contribution in [2.75, 3.05) is 0 Å². The summed E-state index contributed by atoms with van der Waals surface area (Å²) >= 11 is 0. The zero-order valence-corrected chi connectivity index (χ0v) is 21.8. The predicted molar refractivity (Wildman–Crippen MR) is 155 cm³/mol. The highest BCUT2D eigenvalue weighted by atomic mass is 31.2. The summed E-state index contributed by atoms with van der Waals surface area (Å²) in [5, 5.41) is 13.7. The van der Waals surface area contributed by atoms with Crippen LogP contribution in [0.5, 0.6) is 0 Å². The van der Waals surface area contributed by atoms with Gasteiger partial charge >= 0.3 is 0 Å². The third kappa shape index (κ3) is 5.03. The Hall–Kier alpha value is -3.92. The second-order valence-electron chi connectivity index (χ2n) is 9.71. The van der Waals surface area contributed by atoms with E-state index in [1.165, 1.54) is 5.56 Å². The quantitative estimate of drug-likeness (QED) is 0.238. The average Bonchev–Trinajstić information content (AvgIpc) is 2.91. The molecule has 0 aromatic heterocycles. The molecule has 0 radical (unpaired) electrons. The molecule has 0 saturated heterocycles. The topological polar surface area (TPSA) is 40.9 Å². The van der Waals surface area contributed by atoms with Crippen LogP contribution < -0.4 is 15.9 Å². The first-order chi connectivity index (χ1) is 17.4. The fraction of sp³-hybridized carbons (Fsp3) is 0.121. The first-order valence-corrected chi connectivity index (χ1v) is 13.8. The van der Waals surface area contributed by atoms with Gasteiger partial charge in [-0.15, -0.1) is 0 Å². The summed E-state index contributed by atoms with van der Waals surface area (Å²) in [7, 11) is 0. The van der Waals surface area contributed by atoms with Crippen LogP contribution in [0.3, 0.4) is 0 Å². The number of allylic oxidation sites excluding steroid dienone is 1. The van der Waals surface area contributed by atoms with Crippen molar-refractivity contribution in [3.05, 3.63) is 132 Å². The van der Waals surface area contributed by atoms with Gasteiger partial charge in [-0.05, 0) is 45.4 Å². The summed E-state index contributed by atoms with van der Waals surface area (Å²) < 4.78 is 0. The molecule has 4 aromatic rings. The van der Waals surface area contributed by atoms with Gasteiger partial charge in [0.05, 0.1) is 0 Å². The van der Waals surface area contributed by atoms with E-state index in [0.717, 1.165) is 21.5 Å². The van der Waals surface area contributed by atoms with Crippen molar-refractivity contribution in [2.24, 2.45) is 0 Å². The van der Waals surface area contributed by atoms with Gasteiger partial charge in [0.25, 0.3) is 0 Å². The summed E-state index contributed by atoms with van der Waals surface area (Å²) in [6.45, 7) is 3.81. The Morgan fingerprint density at radius 3 is 1.47 bits per heavy atom. The van der Waals surface area contributed by atoms with Gasteiger partial charge in [0, 0.05) is 0 Å². The Labute approximate surface area is 214 Å². The van der Waals surface area contributed by atoms with Crippen molar-refractivity contribution in [1.29, 1.82) is 5.26 Å². The number of nitrogens with zero attached hydrogens (tertiary/aromatic N) is 1. The lowest BCUT2D eigenvalue weighted by atomic mass is 9.87. The predicted octanol–water partition coefficient (Wildman–Crippen LogP) is 6.26. The number of hydrogen-bond donors (Lipinski definition) is 0. The van der Waals surface area contributed by atoms with Crippen LogP contribution in [0.15, 0.2) is 121 Å². The molecule has 0 fully saturated rings. The Bertz CT molecular complexity index is 1350. The molecule has 0 aliphatic carbocycles. The molecule has 0 atom stereocenters. The lowest BCUT2D eigenvalue weighted by Crippen LogP contribution is -2.32. The molecule has 3 heteroatoms. The van der Waals surface area contributed by atoms with Gasteiger partial charge in [0.2, 0.25) is 0 Å². The van der Waals surface area contributed by atoms with Gasteiger partial charge in [-0.2, -0.15) is 5.26 Å². The van der Waals surface area contributed by atoms with Gasteiger partial charge in [0.1, 0.15) is 11.4 Å². The Morgan fingerprint density at radius 2 is 1.11 bits per heavy atom. The maximum atomic E-state index is 13.8. The Kier molecular flexibility index (Phi) is 7.54. The largest absolute Gasteiger partial charge is 0.288 e. The van der Waals surface area contributed by atoms with E-state index in [1.54, 1.807) is 6.08 Å². The molecule has 0 unspecified atom stereocenters. The monoisotopic (exact) mass is 487 g/mol. The highest BCUT2D eigenvalue weighted by Crippen LogP contribution is 2.46. The summed E-state index contributed by atoms with van der Waals surface area (Å²) in [6.07, 6.45) is 3.36. The van der Waals surface area contributed by atoms with E-state index >= 15 is 0 Å². The zero-order valence-electron chi connectivity index (χ0n) is 20.9. The molecule has 2 nitrogen and oxygen atoms in total. The molecule has 4 rings (SSSR count). The molecule has 178 valence electrons. The van der Waals surface area contributed by atoms with Crippen LogP contribution in [-0.4, -0.2) is 11.1 Å². The maximum Gasteiger partial charge on any atom is 0.197 e. The molecular formula is C33H30NOP. The summed E-state index contributed by atoms with van der Waals surface area (Å²) in [5.41, 5.74) is 2.22. The zero-order chi connectivity index (χ0) is 25.6. The average molecular weight is 488 g/mol. The minimum Gasteiger partial charge on any atom is -0.288 e. The molecular weight excluding hydrogens is 457 g/mol. The van der Waals surface area contributed by atoms with Gasteiger partial charge in [-0.1, -0.05) is 142 Å². The molecule has 4 aromatic carbocycles. The van der Waals surface area contributed by atoms with Gasteiger partial charge < -0.3 is 0 Å². The number of carbonyl (C=O) groups excluding carboxylic acids is 1. The van der Waals surface area contributed by atoms with Crippen molar-refractivity contribution in [3.8, 4) is 6.07 Å². The van der Waals surface area contributed by atoms with E-state index in [0.29, 0.717) is 0 Å². The van der Waals surface area contributed by atoms with Crippen molar-refractivity contribution < 1.29 is 4.79 Å². The normalized spacial score (nSPS) is 11.7. The Balaban J connectivity index is 1.95. The van der Waals surface area contributed by atoms with Crippen LogP contribution in [0, 0.1) is 11.3 Å². The maximum absolute atomic E-state index is 13.8. The first kappa shape index (κ1) is 25.2. The number of rotatable bonds is 6. The number of hydrogen-bond acceptors (Lipinski definition) is 2. The summed E-state index contributed by atoms with van der Waals surface area (Å²) in [5.74, 6) is -0.262. The van der Waals surface area contributed by atoms with E-state index in [9.17, 15) is 10.1 Å². The van der Waals surface area contributed by atoms with Crippen LogP contribution in [0.2, 0.25) is 0 Å². The SMILES string of the molecule is CC(C)(C)c1ccc(/C=C/C(=O)C(C#N)=P(c2ccccc2)(c2ccccc2)c2ccccc2)cc1. The molecule has 0 bridgehead atoms. The standard InChI is InChI=1S/C33H30NOP/c1-33(2,3)27-22-19-26(20-23-27)21-24-31(35)32(25-34)36(28-13-7-4-8-14-28,29-15-9-5-10-16-29)30-17-11-6-12-18-30/h4-24H,1-3H3/b24-21+. The van der Waals surface area contributed by atoms with Crippen LogP contribution in [0.4, 0.5) is 0 Å². The van der Waals surface area contributed by atoms with Gasteiger partial charge in [0.15, 0.2) is 5.78 Å². The van der Waals surface area contributed by atoms with E-state index < -0.39 is 6.89 Å². The molecule has 0 amide bonds. The first-order valence-electron chi connectivity index (χ1n) is 12.0. The number of benzene rings is 4. The van der Waals surface area contributed by atoms with Crippen LogP contribution in [0.1, 0.15) is 31.9 Å². The number of carbonyl (C=O) groups is 1. The van der Waals surface area contributed by atoms with Crippen molar-refractivity contribution in [3.63, 3.8) is 0 Å². The van der Waals surface area contributed by atoms with E-state index in [1.807, 2.05) is 109 Å². The summed E-state index contributed by atoms with van der Waals surface area (Å²) in [4.78, 5) is 13.8. The minimum absolute atomic E-state index is 0.0605. The minimum atomic E-state index is -2.72. The molecule has 0 saturated carbocycles. The highest BCUT2D eigenvalue weighted by molar-refractivity contribution is 7.97. The number of nitriles is 1. The van der Waals surface area contributed by atoms with Crippen molar-refractivity contribution in [1.82, 2.24) is 0 Å². The van der Waals surface area contributed by atoms with E-state index in [-0.39, 0.29) is 16.5 Å². The third-order valence-corrected chi connectivity index (χ3v) is 10.5. The van der Waals surface area contributed by atoms with Gasteiger partial charge in [-0.25, -0.2) is 0 Å². The highest BCUT2D eigenvalue weighted by Gasteiger charge is 2.32. The molecule has 0 N–H and O–H groups in total. The second kappa shape index (κ2) is 10.8. The fourth-order valence-corrected chi connectivity index (χ4v) is 8.51. The van der Waals surface area contributed by atoms with Crippen molar-refractivity contribution >= 4 is 40.0 Å². The fourth-order valence-electron chi connectivity index (χ4n) is 4.43. The molecule has 0 heterocycles. The summed E-state index contributed by atoms with van der Waals surface area (Å²) in [6, 6.07) is 40.5. The molecule has 0 aliphatic rings. The van der Waals surface area contributed by atoms with Gasteiger partial charge in [-0.3, -0.25) is 4.79 Å². The van der Waals surface area contributed by atoms with E-state index in [2.05, 4.69) is 39.0 Å². The van der Waals surface area contributed by atoms with Crippen LogP contribution in [-0.2, 0) is 10.2 Å². The van der Waals surface area contributed by atoms with Crippen molar-refractivity contribution in [2.45, 2.75) is 26.2 Å². The van der Waals surface area contributed by atoms with E-state index in [4.69, 9.17) is 0 Å². The lowest BCUT2D eigenvalue weighted by molar-refractivity contribution is -0.108. The smallest absolute Gasteiger partial charge is 0.197 e. The second-order valence-corrected chi connectivity index (χ2v) is 13.0. The molecule has 36 heavy (non-hydrogen) atoms. The molecule has 0 spiro atoms.